The lowest BCUT2D eigenvalue weighted by Crippen LogP contribution is -2.06. The summed E-state index contributed by atoms with van der Waals surface area (Å²) in [5, 5.41) is 13.5. The fourth-order valence-electron chi connectivity index (χ4n) is 1.53. The molecule has 0 bridgehead atoms. The van der Waals surface area contributed by atoms with Gasteiger partial charge in [-0.05, 0) is 25.1 Å². The number of nitrogens with zero attached hydrogens (tertiary/aromatic N) is 2. The quantitative estimate of drug-likeness (QED) is 0.824. The molecule has 3 N–H and O–H groups in total. The van der Waals surface area contributed by atoms with Gasteiger partial charge in [0.25, 0.3) is 5.89 Å². The second kappa shape index (κ2) is 5.61. The van der Waals surface area contributed by atoms with E-state index in [0.29, 0.717) is 24.5 Å². The van der Waals surface area contributed by atoms with Gasteiger partial charge in [0.2, 0.25) is 5.82 Å². The largest absolute Gasteiger partial charge is 0.497 e. The summed E-state index contributed by atoms with van der Waals surface area (Å²) in [7, 11) is 1.59. The van der Waals surface area contributed by atoms with Crippen molar-refractivity contribution in [3.05, 3.63) is 30.2 Å². The molecule has 2 rings (SSSR count). The van der Waals surface area contributed by atoms with Crippen LogP contribution in [0.2, 0.25) is 0 Å². The van der Waals surface area contributed by atoms with Gasteiger partial charge in [-0.3, -0.25) is 0 Å². The third-order valence-electron chi connectivity index (χ3n) is 2.49. The van der Waals surface area contributed by atoms with Crippen LogP contribution in [0.25, 0.3) is 11.4 Å². The zero-order valence-electron chi connectivity index (χ0n) is 10.0. The summed E-state index contributed by atoms with van der Waals surface area (Å²) >= 11 is 0. The van der Waals surface area contributed by atoms with E-state index in [9.17, 15) is 5.11 Å². The SMILES string of the molecule is COc1cccc(-c2noc(C(O)CCN)n2)c1. The van der Waals surface area contributed by atoms with Gasteiger partial charge >= 0.3 is 0 Å². The highest BCUT2D eigenvalue weighted by Crippen LogP contribution is 2.23. The van der Waals surface area contributed by atoms with Crippen LogP contribution in [0.5, 0.6) is 5.75 Å². The fraction of sp³-hybridized carbons (Fsp3) is 0.333. The topological polar surface area (TPSA) is 94.4 Å². The van der Waals surface area contributed by atoms with Crippen LogP contribution in [0.1, 0.15) is 18.4 Å². The van der Waals surface area contributed by atoms with Gasteiger partial charge in [-0.2, -0.15) is 4.98 Å². The molecule has 1 atom stereocenters. The molecule has 0 aliphatic carbocycles. The molecule has 1 aromatic carbocycles. The number of ether oxygens (including phenoxy) is 1. The van der Waals surface area contributed by atoms with Crippen LogP contribution in [-0.2, 0) is 0 Å². The molecule has 0 saturated heterocycles. The molecule has 6 heteroatoms. The van der Waals surface area contributed by atoms with E-state index in [-0.39, 0.29) is 5.89 Å². The highest BCUT2D eigenvalue weighted by molar-refractivity contribution is 5.56. The van der Waals surface area contributed by atoms with E-state index in [1.807, 2.05) is 18.2 Å². The number of methoxy groups -OCH3 is 1. The Morgan fingerprint density at radius 1 is 1.50 bits per heavy atom. The van der Waals surface area contributed by atoms with Gasteiger partial charge in [0.15, 0.2) is 0 Å². The molecule has 96 valence electrons. The first-order valence-electron chi connectivity index (χ1n) is 5.60. The Labute approximate surface area is 104 Å². The summed E-state index contributed by atoms with van der Waals surface area (Å²) in [6.45, 7) is 0.359. The summed E-state index contributed by atoms with van der Waals surface area (Å²) in [4.78, 5) is 4.14. The fourth-order valence-corrected chi connectivity index (χ4v) is 1.53. The van der Waals surface area contributed by atoms with E-state index in [1.165, 1.54) is 0 Å². The van der Waals surface area contributed by atoms with E-state index < -0.39 is 6.10 Å². The number of aliphatic hydroxyl groups is 1. The van der Waals surface area contributed by atoms with Crippen molar-refractivity contribution in [3.8, 4) is 17.1 Å². The maximum Gasteiger partial charge on any atom is 0.255 e. The average Bonchev–Trinajstić information content (AvgIpc) is 2.89. The average molecular weight is 249 g/mol. The summed E-state index contributed by atoms with van der Waals surface area (Å²) in [5.74, 6) is 1.31. The smallest absolute Gasteiger partial charge is 0.255 e. The number of hydrogen-bond acceptors (Lipinski definition) is 6. The van der Waals surface area contributed by atoms with Gasteiger partial charge in [-0.15, -0.1) is 0 Å². The molecule has 2 aromatic rings. The highest BCUT2D eigenvalue weighted by atomic mass is 16.5. The second-order valence-corrected chi connectivity index (χ2v) is 3.78. The van der Waals surface area contributed by atoms with E-state index in [2.05, 4.69) is 10.1 Å². The lowest BCUT2D eigenvalue weighted by atomic mass is 10.2. The van der Waals surface area contributed by atoms with Gasteiger partial charge in [-0.1, -0.05) is 17.3 Å². The Kier molecular flexibility index (Phi) is 3.91. The second-order valence-electron chi connectivity index (χ2n) is 3.78. The zero-order valence-corrected chi connectivity index (χ0v) is 10.0. The maximum atomic E-state index is 9.68. The molecule has 0 aliphatic heterocycles. The monoisotopic (exact) mass is 249 g/mol. The van der Waals surface area contributed by atoms with Crippen molar-refractivity contribution < 1.29 is 14.4 Å². The molecule has 0 saturated carbocycles. The van der Waals surface area contributed by atoms with Crippen molar-refractivity contribution in [2.75, 3.05) is 13.7 Å². The number of benzene rings is 1. The molecule has 0 amide bonds. The van der Waals surface area contributed by atoms with Crippen molar-refractivity contribution in [2.45, 2.75) is 12.5 Å². The molecule has 0 fully saturated rings. The standard InChI is InChI=1S/C12H15N3O3/c1-17-9-4-2-3-8(7-9)11-14-12(18-15-11)10(16)5-6-13/h2-4,7,10,16H,5-6,13H2,1H3. The molecule has 1 heterocycles. The first-order valence-corrected chi connectivity index (χ1v) is 5.60. The van der Waals surface area contributed by atoms with Gasteiger partial charge < -0.3 is 20.1 Å². The lowest BCUT2D eigenvalue weighted by molar-refractivity contribution is 0.127. The van der Waals surface area contributed by atoms with Crippen molar-refractivity contribution in [3.63, 3.8) is 0 Å². The first-order chi connectivity index (χ1) is 8.74. The highest BCUT2D eigenvalue weighted by Gasteiger charge is 2.16. The van der Waals surface area contributed by atoms with Crippen LogP contribution in [0.15, 0.2) is 28.8 Å². The number of aliphatic hydroxyl groups excluding tert-OH is 1. The van der Waals surface area contributed by atoms with Crippen LogP contribution in [0.4, 0.5) is 0 Å². The zero-order chi connectivity index (χ0) is 13.0. The summed E-state index contributed by atoms with van der Waals surface area (Å²) in [6, 6.07) is 7.30. The maximum absolute atomic E-state index is 9.68. The molecule has 18 heavy (non-hydrogen) atoms. The Balaban J connectivity index is 2.23. The van der Waals surface area contributed by atoms with E-state index in [0.717, 1.165) is 5.56 Å². The number of rotatable bonds is 5. The summed E-state index contributed by atoms with van der Waals surface area (Å²) in [5.41, 5.74) is 6.12. The third kappa shape index (κ3) is 2.66. The van der Waals surface area contributed by atoms with Gasteiger partial charge in [-0.25, -0.2) is 0 Å². The summed E-state index contributed by atoms with van der Waals surface area (Å²) in [6.07, 6.45) is -0.429. The predicted molar refractivity (Wildman–Crippen MR) is 64.9 cm³/mol. The van der Waals surface area contributed by atoms with Crippen molar-refractivity contribution in [1.29, 1.82) is 0 Å². The van der Waals surface area contributed by atoms with Gasteiger partial charge in [0, 0.05) is 5.56 Å². The van der Waals surface area contributed by atoms with Crippen LogP contribution < -0.4 is 10.5 Å². The van der Waals surface area contributed by atoms with Crippen molar-refractivity contribution >= 4 is 0 Å². The molecule has 6 nitrogen and oxygen atoms in total. The molecule has 0 radical (unpaired) electrons. The normalized spacial score (nSPS) is 12.4. The summed E-state index contributed by atoms with van der Waals surface area (Å²) < 4.78 is 10.1. The molecule has 1 unspecified atom stereocenters. The Morgan fingerprint density at radius 3 is 3.06 bits per heavy atom. The Morgan fingerprint density at radius 2 is 2.33 bits per heavy atom. The van der Waals surface area contributed by atoms with E-state index in [1.54, 1.807) is 13.2 Å². The molecular formula is C12H15N3O3. The minimum atomic E-state index is -0.818. The third-order valence-corrected chi connectivity index (χ3v) is 2.49. The van der Waals surface area contributed by atoms with Gasteiger partial charge in [0.05, 0.1) is 7.11 Å². The van der Waals surface area contributed by atoms with Crippen LogP contribution >= 0.6 is 0 Å². The first kappa shape index (κ1) is 12.5. The van der Waals surface area contributed by atoms with Crippen molar-refractivity contribution in [1.82, 2.24) is 10.1 Å². The molecule has 1 aromatic heterocycles. The molecule has 0 aliphatic rings. The number of aromatic nitrogens is 2. The Bertz CT molecular complexity index is 513. The molecule has 0 spiro atoms. The lowest BCUT2D eigenvalue weighted by Gasteiger charge is -2.01. The van der Waals surface area contributed by atoms with Gasteiger partial charge in [0.1, 0.15) is 11.9 Å². The van der Waals surface area contributed by atoms with E-state index >= 15 is 0 Å². The molecular weight excluding hydrogens is 234 g/mol. The minimum absolute atomic E-state index is 0.179. The Hall–Kier alpha value is -1.92. The predicted octanol–water partition coefficient (Wildman–Crippen LogP) is 1.13. The minimum Gasteiger partial charge on any atom is -0.497 e. The number of nitrogens with two attached hydrogens (primary N) is 1. The van der Waals surface area contributed by atoms with Crippen LogP contribution in [0.3, 0.4) is 0 Å². The van der Waals surface area contributed by atoms with Crippen LogP contribution in [-0.4, -0.2) is 28.9 Å². The van der Waals surface area contributed by atoms with E-state index in [4.69, 9.17) is 15.0 Å². The number of hydrogen-bond donors (Lipinski definition) is 2. The van der Waals surface area contributed by atoms with Crippen molar-refractivity contribution in [2.24, 2.45) is 5.73 Å². The van der Waals surface area contributed by atoms with Crippen LogP contribution in [0, 0.1) is 0 Å².